The molecule has 3 aromatic heterocycles. The van der Waals surface area contributed by atoms with E-state index in [1.165, 1.54) is 0 Å². The molecule has 4 heteroatoms. The second-order valence-corrected chi connectivity index (χ2v) is 3.94. The number of aromatic nitrogens is 4. The molecule has 0 unspecified atom stereocenters. The average molecular weight is 220 g/mol. The molecule has 4 aromatic rings. The van der Waals surface area contributed by atoms with Crippen LogP contribution in [-0.2, 0) is 0 Å². The molecule has 3 heterocycles. The largest absolute Gasteiger partial charge is 0.281 e. The van der Waals surface area contributed by atoms with E-state index in [0.29, 0.717) is 0 Å². The van der Waals surface area contributed by atoms with Gasteiger partial charge in [0.2, 0.25) is 0 Å². The van der Waals surface area contributed by atoms with Gasteiger partial charge in [0.15, 0.2) is 11.3 Å². The Labute approximate surface area is 96.6 Å². The Bertz CT molecular complexity index is 842. The van der Waals surface area contributed by atoms with Crippen LogP contribution in [0.15, 0.2) is 48.9 Å². The van der Waals surface area contributed by atoms with Gasteiger partial charge in [0.05, 0.1) is 11.7 Å². The van der Waals surface area contributed by atoms with Crippen molar-refractivity contribution in [2.45, 2.75) is 0 Å². The molecule has 0 fully saturated rings. The molecular formula is C13H8N4. The average Bonchev–Trinajstić information content (AvgIpc) is 2.73. The monoisotopic (exact) mass is 220 g/mol. The van der Waals surface area contributed by atoms with Gasteiger partial charge in [-0.05, 0) is 12.1 Å². The smallest absolute Gasteiger partial charge is 0.165 e. The zero-order valence-electron chi connectivity index (χ0n) is 8.91. The zero-order valence-corrected chi connectivity index (χ0v) is 8.91. The lowest BCUT2D eigenvalue weighted by Gasteiger charge is -1.97. The summed E-state index contributed by atoms with van der Waals surface area (Å²) in [7, 11) is 0. The van der Waals surface area contributed by atoms with Gasteiger partial charge >= 0.3 is 0 Å². The Morgan fingerprint density at radius 3 is 2.94 bits per heavy atom. The topological polar surface area (TPSA) is 43.1 Å². The molecular weight excluding hydrogens is 212 g/mol. The van der Waals surface area contributed by atoms with Gasteiger partial charge in [-0.3, -0.25) is 9.38 Å². The van der Waals surface area contributed by atoms with Gasteiger partial charge in [0.25, 0.3) is 0 Å². The standard InChI is InChI=1S/C13H8N4/c1-2-4-10-9(3-1)7-11-13(16-10)17-6-5-14-8-12(17)15-11/h1-8H. The number of benzene rings is 1. The Hall–Kier alpha value is -2.49. The number of hydrogen-bond donors (Lipinski definition) is 0. The summed E-state index contributed by atoms with van der Waals surface area (Å²) in [4.78, 5) is 13.2. The number of para-hydroxylation sites is 1. The lowest BCUT2D eigenvalue weighted by Crippen LogP contribution is -1.87. The zero-order chi connectivity index (χ0) is 11.2. The van der Waals surface area contributed by atoms with Crippen LogP contribution in [0.1, 0.15) is 0 Å². The maximum Gasteiger partial charge on any atom is 0.165 e. The molecule has 1 aromatic carbocycles. The second kappa shape index (κ2) is 3.01. The van der Waals surface area contributed by atoms with Gasteiger partial charge < -0.3 is 0 Å². The van der Waals surface area contributed by atoms with Crippen molar-refractivity contribution in [1.29, 1.82) is 0 Å². The summed E-state index contributed by atoms with van der Waals surface area (Å²) in [5, 5.41) is 1.11. The number of hydrogen-bond acceptors (Lipinski definition) is 3. The highest BCUT2D eigenvalue weighted by Gasteiger charge is 2.06. The van der Waals surface area contributed by atoms with E-state index in [9.17, 15) is 0 Å². The number of rotatable bonds is 0. The number of imidazole rings is 1. The van der Waals surface area contributed by atoms with Crippen LogP contribution in [0.3, 0.4) is 0 Å². The van der Waals surface area contributed by atoms with Crippen molar-refractivity contribution < 1.29 is 0 Å². The summed E-state index contributed by atoms with van der Waals surface area (Å²) in [6.07, 6.45) is 5.36. The second-order valence-electron chi connectivity index (χ2n) is 3.94. The molecule has 0 saturated heterocycles. The Morgan fingerprint density at radius 2 is 1.94 bits per heavy atom. The highest BCUT2D eigenvalue weighted by Crippen LogP contribution is 2.19. The molecule has 0 aliphatic rings. The molecule has 0 aliphatic heterocycles. The van der Waals surface area contributed by atoms with E-state index in [0.717, 1.165) is 27.7 Å². The third-order valence-electron chi connectivity index (χ3n) is 2.89. The van der Waals surface area contributed by atoms with E-state index in [1.807, 2.05) is 34.9 Å². The van der Waals surface area contributed by atoms with Gasteiger partial charge in [-0.1, -0.05) is 18.2 Å². The molecule has 0 amide bonds. The van der Waals surface area contributed by atoms with Crippen molar-refractivity contribution in [1.82, 2.24) is 19.4 Å². The first-order valence-corrected chi connectivity index (χ1v) is 5.39. The van der Waals surface area contributed by atoms with Crippen LogP contribution in [0.5, 0.6) is 0 Å². The van der Waals surface area contributed by atoms with Gasteiger partial charge in [-0.2, -0.15) is 0 Å². The van der Waals surface area contributed by atoms with Crippen LogP contribution in [0.25, 0.3) is 27.7 Å². The molecule has 0 spiro atoms. The van der Waals surface area contributed by atoms with E-state index < -0.39 is 0 Å². The summed E-state index contributed by atoms with van der Waals surface area (Å²) in [6, 6.07) is 10.1. The van der Waals surface area contributed by atoms with Crippen molar-refractivity contribution in [3.8, 4) is 0 Å². The minimum Gasteiger partial charge on any atom is -0.281 e. The minimum absolute atomic E-state index is 0.824. The first kappa shape index (κ1) is 8.64. The fourth-order valence-electron chi connectivity index (χ4n) is 2.09. The lowest BCUT2D eigenvalue weighted by atomic mass is 10.2. The van der Waals surface area contributed by atoms with E-state index >= 15 is 0 Å². The Morgan fingerprint density at radius 1 is 1.00 bits per heavy atom. The van der Waals surface area contributed by atoms with E-state index in [2.05, 4.69) is 21.0 Å². The maximum atomic E-state index is 4.64. The van der Waals surface area contributed by atoms with Gasteiger partial charge in [-0.25, -0.2) is 9.97 Å². The fraction of sp³-hybridized carbons (Fsp3) is 0. The quantitative estimate of drug-likeness (QED) is 0.457. The fourth-order valence-corrected chi connectivity index (χ4v) is 2.09. The SMILES string of the molecule is c1ccc2nc3c(cc2c1)nc1cnccn13. The molecule has 0 N–H and O–H groups in total. The summed E-state index contributed by atoms with van der Waals surface area (Å²) < 4.78 is 1.95. The van der Waals surface area contributed by atoms with Crippen molar-refractivity contribution in [3.05, 3.63) is 48.9 Å². The van der Waals surface area contributed by atoms with Crippen LogP contribution >= 0.6 is 0 Å². The van der Waals surface area contributed by atoms with Crippen molar-refractivity contribution in [2.24, 2.45) is 0 Å². The summed E-state index contributed by atoms with van der Waals surface area (Å²) in [5.41, 5.74) is 3.58. The third-order valence-corrected chi connectivity index (χ3v) is 2.89. The first-order valence-electron chi connectivity index (χ1n) is 5.39. The molecule has 4 nitrogen and oxygen atoms in total. The lowest BCUT2D eigenvalue weighted by molar-refractivity contribution is 1.14. The minimum atomic E-state index is 0.824. The highest BCUT2D eigenvalue weighted by molar-refractivity contribution is 5.91. The van der Waals surface area contributed by atoms with Crippen LogP contribution in [0.4, 0.5) is 0 Å². The van der Waals surface area contributed by atoms with Crippen LogP contribution in [0.2, 0.25) is 0 Å². The molecule has 0 atom stereocenters. The normalized spacial score (nSPS) is 11.5. The van der Waals surface area contributed by atoms with Gasteiger partial charge in [-0.15, -0.1) is 0 Å². The predicted molar refractivity (Wildman–Crippen MR) is 65.8 cm³/mol. The summed E-state index contributed by atoms with van der Waals surface area (Å²) in [6.45, 7) is 0. The highest BCUT2D eigenvalue weighted by atomic mass is 15.1. The van der Waals surface area contributed by atoms with Crippen LogP contribution in [-0.4, -0.2) is 19.4 Å². The van der Waals surface area contributed by atoms with Crippen LogP contribution < -0.4 is 0 Å². The van der Waals surface area contributed by atoms with Crippen LogP contribution in [0, 0.1) is 0 Å². The number of nitrogens with zero attached hydrogens (tertiary/aromatic N) is 4. The Kier molecular flexibility index (Phi) is 1.53. The predicted octanol–water partition coefficient (Wildman–Crippen LogP) is 2.43. The van der Waals surface area contributed by atoms with Gasteiger partial charge in [0.1, 0.15) is 5.52 Å². The molecule has 4 rings (SSSR count). The molecule has 0 bridgehead atoms. The summed E-state index contributed by atoms with van der Waals surface area (Å²) in [5.74, 6) is 0. The first-order chi connectivity index (χ1) is 8.42. The molecule has 0 aliphatic carbocycles. The molecule has 0 radical (unpaired) electrons. The van der Waals surface area contributed by atoms with E-state index in [1.54, 1.807) is 12.4 Å². The Balaban J connectivity index is 2.28. The van der Waals surface area contributed by atoms with Crippen molar-refractivity contribution >= 4 is 27.7 Å². The molecule has 80 valence electrons. The number of pyridine rings is 1. The molecule has 0 saturated carbocycles. The van der Waals surface area contributed by atoms with Crippen molar-refractivity contribution in [3.63, 3.8) is 0 Å². The maximum absolute atomic E-state index is 4.64. The molecule has 17 heavy (non-hydrogen) atoms. The van der Waals surface area contributed by atoms with E-state index in [4.69, 9.17) is 0 Å². The van der Waals surface area contributed by atoms with E-state index in [-0.39, 0.29) is 0 Å². The summed E-state index contributed by atoms with van der Waals surface area (Å²) >= 11 is 0. The van der Waals surface area contributed by atoms with Crippen molar-refractivity contribution in [2.75, 3.05) is 0 Å². The van der Waals surface area contributed by atoms with Gasteiger partial charge in [0, 0.05) is 17.8 Å². The number of fused-ring (bicyclic) bond motifs is 4. The third kappa shape index (κ3) is 1.15.